The zero-order chi connectivity index (χ0) is 19.5. The summed E-state index contributed by atoms with van der Waals surface area (Å²) >= 11 is 0. The van der Waals surface area contributed by atoms with Gasteiger partial charge in [-0.25, -0.2) is 0 Å². The highest BCUT2D eigenvalue weighted by molar-refractivity contribution is 5.96. The lowest BCUT2D eigenvalue weighted by atomic mass is 10.0. The molecule has 2 aromatic rings. The van der Waals surface area contributed by atoms with E-state index in [2.05, 4.69) is 22.4 Å². The van der Waals surface area contributed by atoms with Gasteiger partial charge in [0.1, 0.15) is 0 Å². The molecule has 6 heteroatoms. The Balaban J connectivity index is 1.64. The summed E-state index contributed by atoms with van der Waals surface area (Å²) < 4.78 is 11.0. The van der Waals surface area contributed by atoms with E-state index in [0.29, 0.717) is 12.5 Å². The van der Waals surface area contributed by atoms with Gasteiger partial charge in [-0.3, -0.25) is 4.98 Å². The lowest BCUT2D eigenvalue weighted by Crippen LogP contribution is -2.39. The number of nitrogens with one attached hydrogen (secondary N) is 1. The maximum Gasteiger partial charge on any atom is 0.162 e. The first-order chi connectivity index (χ1) is 13.7. The topological polar surface area (TPSA) is 70.4 Å². The third kappa shape index (κ3) is 3.59. The number of nitrogens with zero attached hydrogens (tertiary/aromatic N) is 3. The van der Waals surface area contributed by atoms with Gasteiger partial charge >= 0.3 is 0 Å². The molecular weight excluding hydrogens is 352 g/mol. The van der Waals surface area contributed by atoms with Gasteiger partial charge in [0.15, 0.2) is 11.5 Å². The third-order valence-corrected chi connectivity index (χ3v) is 5.99. The minimum absolute atomic E-state index is 0.446. The maximum atomic E-state index is 8.80. The van der Waals surface area contributed by atoms with Crippen LogP contribution in [-0.4, -0.2) is 49.8 Å². The number of methoxy groups -OCH3 is 2. The molecule has 6 nitrogen and oxygen atoms in total. The summed E-state index contributed by atoms with van der Waals surface area (Å²) in [6.07, 6.45) is 6.09. The predicted molar refractivity (Wildman–Crippen MR) is 110 cm³/mol. The van der Waals surface area contributed by atoms with Gasteiger partial charge in [-0.1, -0.05) is 0 Å². The summed E-state index contributed by atoms with van der Waals surface area (Å²) in [7, 11) is 3.34. The van der Waals surface area contributed by atoms with Crippen molar-refractivity contribution in [3.63, 3.8) is 0 Å². The molecule has 1 aromatic heterocycles. The van der Waals surface area contributed by atoms with Crippen molar-refractivity contribution in [3.8, 4) is 17.6 Å². The first-order valence-corrected chi connectivity index (χ1v) is 10.2. The standard InChI is InChI=1S/C22H28N4O2/c1-27-20-13-17-19(14-21(20)28-2)25-18-6-3-5-16(18)22(17)24-15-7-11-26(12-8-15)10-4-9-23/h13-15H,3-8,10-12H2,1-2H3,(H,24,25). The van der Waals surface area contributed by atoms with Crippen molar-refractivity contribution in [1.82, 2.24) is 9.88 Å². The van der Waals surface area contributed by atoms with Gasteiger partial charge in [0.05, 0.1) is 25.8 Å². The molecule has 2 heterocycles. The van der Waals surface area contributed by atoms with Gasteiger partial charge in [-0.2, -0.15) is 5.26 Å². The van der Waals surface area contributed by atoms with Crippen LogP contribution in [0.4, 0.5) is 5.69 Å². The molecule has 28 heavy (non-hydrogen) atoms. The molecule has 2 aliphatic rings. The summed E-state index contributed by atoms with van der Waals surface area (Å²) in [6.45, 7) is 2.97. The van der Waals surface area contributed by atoms with Crippen LogP contribution in [0.5, 0.6) is 11.5 Å². The van der Waals surface area contributed by atoms with Crippen molar-refractivity contribution < 1.29 is 9.47 Å². The largest absolute Gasteiger partial charge is 0.493 e. The minimum Gasteiger partial charge on any atom is -0.493 e. The van der Waals surface area contributed by atoms with E-state index in [1.807, 2.05) is 6.07 Å². The molecule has 0 amide bonds. The number of pyridine rings is 1. The van der Waals surface area contributed by atoms with Gasteiger partial charge in [-0.05, 0) is 43.7 Å². The number of rotatable bonds is 6. The van der Waals surface area contributed by atoms with E-state index in [1.54, 1.807) is 14.2 Å². The highest BCUT2D eigenvalue weighted by Gasteiger charge is 2.25. The van der Waals surface area contributed by atoms with Gasteiger partial charge in [0, 0.05) is 54.9 Å². The van der Waals surface area contributed by atoms with E-state index in [9.17, 15) is 0 Å². The van der Waals surface area contributed by atoms with Crippen LogP contribution < -0.4 is 14.8 Å². The minimum atomic E-state index is 0.446. The molecule has 0 bridgehead atoms. The zero-order valence-corrected chi connectivity index (χ0v) is 16.8. The molecule has 1 saturated heterocycles. The van der Waals surface area contributed by atoms with E-state index in [4.69, 9.17) is 19.7 Å². The summed E-state index contributed by atoms with van der Waals surface area (Å²) in [6, 6.07) is 6.74. The van der Waals surface area contributed by atoms with Crippen molar-refractivity contribution in [2.45, 2.75) is 44.6 Å². The molecule has 4 rings (SSSR count). The zero-order valence-electron chi connectivity index (χ0n) is 16.8. The molecule has 0 spiro atoms. The van der Waals surface area contributed by atoms with Crippen LogP contribution >= 0.6 is 0 Å². The Morgan fingerprint density at radius 2 is 1.93 bits per heavy atom. The molecular formula is C22H28N4O2. The molecule has 0 unspecified atom stereocenters. The van der Waals surface area contributed by atoms with E-state index in [1.165, 1.54) is 16.9 Å². The number of fused-ring (bicyclic) bond motifs is 2. The van der Waals surface area contributed by atoms with Crippen LogP contribution in [0, 0.1) is 11.3 Å². The second kappa shape index (κ2) is 8.24. The third-order valence-electron chi connectivity index (χ3n) is 5.99. The fourth-order valence-electron chi connectivity index (χ4n) is 4.47. The number of anilines is 1. The lowest BCUT2D eigenvalue weighted by Gasteiger charge is -2.33. The molecule has 0 radical (unpaired) electrons. The van der Waals surface area contributed by atoms with Gasteiger partial charge < -0.3 is 19.7 Å². The van der Waals surface area contributed by atoms with Gasteiger partial charge in [0.2, 0.25) is 0 Å². The number of ether oxygens (including phenoxy) is 2. The van der Waals surface area contributed by atoms with E-state index in [-0.39, 0.29) is 0 Å². The lowest BCUT2D eigenvalue weighted by molar-refractivity contribution is 0.223. The van der Waals surface area contributed by atoms with Gasteiger partial charge in [0.25, 0.3) is 0 Å². The quantitative estimate of drug-likeness (QED) is 0.827. The Bertz CT molecular complexity index is 898. The normalized spacial score (nSPS) is 17.3. The summed E-state index contributed by atoms with van der Waals surface area (Å²) in [4.78, 5) is 7.32. The summed E-state index contributed by atoms with van der Waals surface area (Å²) in [5.41, 5.74) is 4.78. The Hall–Kier alpha value is -2.52. The van der Waals surface area contributed by atoms with Crippen LogP contribution in [0.25, 0.3) is 10.9 Å². The number of aromatic nitrogens is 1. The van der Waals surface area contributed by atoms with Crippen LogP contribution in [0.1, 0.15) is 36.9 Å². The fraction of sp³-hybridized carbons (Fsp3) is 0.545. The van der Waals surface area contributed by atoms with Crippen LogP contribution in [0.15, 0.2) is 12.1 Å². The van der Waals surface area contributed by atoms with E-state index >= 15 is 0 Å². The SMILES string of the molecule is COc1cc2nc3c(c(NC4CCN(CCC#N)CC4)c2cc1OC)CCC3. The summed E-state index contributed by atoms with van der Waals surface area (Å²) in [5, 5.41) is 13.8. The Morgan fingerprint density at radius 1 is 1.18 bits per heavy atom. The molecule has 1 aliphatic heterocycles. The smallest absolute Gasteiger partial charge is 0.162 e. The van der Waals surface area contributed by atoms with Crippen molar-refractivity contribution >= 4 is 16.6 Å². The van der Waals surface area contributed by atoms with Crippen LogP contribution in [0.2, 0.25) is 0 Å². The molecule has 1 aromatic carbocycles. The predicted octanol–water partition coefficient (Wildman–Crippen LogP) is 3.53. The Labute approximate surface area is 166 Å². The molecule has 148 valence electrons. The van der Waals surface area contributed by atoms with Gasteiger partial charge in [-0.15, -0.1) is 0 Å². The summed E-state index contributed by atoms with van der Waals surface area (Å²) in [5.74, 6) is 1.46. The number of benzene rings is 1. The number of aryl methyl sites for hydroxylation is 1. The highest BCUT2D eigenvalue weighted by Crippen LogP contribution is 2.40. The van der Waals surface area contributed by atoms with Crippen molar-refractivity contribution in [1.29, 1.82) is 5.26 Å². The second-order valence-corrected chi connectivity index (χ2v) is 7.66. The maximum absolute atomic E-state index is 8.80. The fourth-order valence-corrected chi connectivity index (χ4v) is 4.47. The van der Waals surface area contributed by atoms with Crippen LogP contribution in [-0.2, 0) is 12.8 Å². The Morgan fingerprint density at radius 3 is 2.64 bits per heavy atom. The average molecular weight is 380 g/mol. The van der Waals surface area contributed by atoms with E-state index < -0.39 is 0 Å². The van der Waals surface area contributed by atoms with Crippen LogP contribution in [0.3, 0.4) is 0 Å². The number of likely N-dealkylation sites (tertiary alicyclic amines) is 1. The number of hydrogen-bond donors (Lipinski definition) is 1. The first-order valence-electron chi connectivity index (χ1n) is 10.2. The number of nitriles is 1. The number of piperidine rings is 1. The Kier molecular flexibility index (Phi) is 5.54. The molecule has 1 N–H and O–H groups in total. The molecule has 1 aliphatic carbocycles. The van der Waals surface area contributed by atoms with Crippen molar-refractivity contribution in [2.75, 3.05) is 39.2 Å². The monoisotopic (exact) mass is 380 g/mol. The van der Waals surface area contributed by atoms with Crippen molar-refractivity contribution in [2.24, 2.45) is 0 Å². The molecule has 1 fully saturated rings. The average Bonchev–Trinajstić information content (AvgIpc) is 3.20. The molecule has 0 atom stereocenters. The molecule has 0 saturated carbocycles. The first kappa shape index (κ1) is 18.8. The van der Waals surface area contributed by atoms with Crippen molar-refractivity contribution in [3.05, 3.63) is 23.4 Å². The number of hydrogen-bond acceptors (Lipinski definition) is 6. The highest BCUT2D eigenvalue weighted by atomic mass is 16.5. The second-order valence-electron chi connectivity index (χ2n) is 7.66. The van der Waals surface area contributed by atoms with E-state index in [0.717, 1.165) is 74.1 Å².